The molecule has 0 aromatic carbocycles. The Balaban J connectivity index is 3.36. The van der Waals surface area contributed by atoms with Crippen LogP contribution in [0.1, 0.15) is 11.4 Å². The van der Waals surface area contributed by atoms with E-state index in [1.165, 1.54) is 11.8 Å². The van der Waals surface area contributed by atoms with Crippen LogP contribution >= 0.6 is 11.8 Å². The monoisotopic (exact) mass is 180 g/mol. The molecule has 0 atom stereocenters. The molecule has 0 spiro atoms. The highest BCUT2D eigenvalue weighted by Gasteiger charge is 2.08. The predicted molar refractivity (Wildman–Crippen MR) is 47.7 cm³/mol. The Morgan fingerprint density at radius 2 is 2.17 bits per heavy atom. The lowest BCUT2D eigenvalue weighted by atomic mass is 10.3. The Kier molecular flexibility index (Phi) is 2.51. The fourth-order valence-electron chi connectivity index (χ4n) is 0.820. The lowest BCUT2D eigenvalue weighted by Crippen LogP contribution is -2.01. The molecule has 0 unspecified atom stereocenters. The molecule has 0 aliphatic heterocycles. The highest BCUT2D eigenvalue weighted by molar-refractivity contribution is 7.98. The molecule has 12 heavy (non-hydrogen) atoms. The molecule has 0 amide bonds. The van der Waals surface area contributed by atoms with Gasteiger partial charge in [-0.25, -0.2) is 9.97 Å². The molecular formula is C7H8N4S. The van der Waals surface area contributed by atoms with Crippen molar-refractivity contribution in [3.63, 3.8) is 0 Å². The van der Waals surface area contributed by atoms with Gasteiger partial charge < -0.3 is 5.73 Å². The maximum atomic E-state index is 8.70. The zero-order valence-electron chi connectivity index (χ0n) is 6.83. The molecule has 0 aliphatic carbocycles. The Labute approximate surface area is 74.8 Å². The second-order valence-electron chi connectivity index (χ2n) is 2.15. The molecule has 1 aromatic rings. The highest BCUT2D eigenvalue weighted by Crippen LogP contribution is 2.20. The van der Waals surface area contributed by atoms with Gasteiger partial charge in [0.05, 0.1) is 0 Å². The number of aromatic nitrogens is 2. The van der Waals surface area contributed by atoms with Crippen molar-refractivity contribution >= 4 is 17.6 Å². The summed E-state index contributed by atoms with van der Waals surface area (Å²) in [5.41, 5.74) is 5.89. The van der Waals surface area contributed by atoms with Gasteiger partial charge >= 0.3 is 0 Å². The quantitative estimate of drug-likeness (QED) is 0.514. The summed E-state index contributed by atoms with van der Waals surface area (Å²) in [7, 11) is 0. The highest BCUT2D eigenvalue weighted by atomic mass is 32.2. The first-order valence-corrected chi connectivity index (χ1v) is 4.49. The fourth-order valence-corrected chi connectivity index (χ4v) is 1.40. The topological polar surface area (TPSA) is 75.6 Å². The lowest BCUT2D eigenvalue weighted by Gasteiger charge is -2.02. The van der Waals surface area contributed by atoms with Crippen LogP contribution in [0.5, 0.6) is 0 Å². The van der Waals surface area contributed by atoms with Gasteiger partial charge in [0.15, 0.2) is 0 Å². The minimum atomic E-state index is 0.259. The molecule has 1 rings (SSSR count). The molecule has 5 heteroatoms. The number of anilines is 1. The van der Waals surface area contributed by atoms with Crippen LogP contribution in [0.15, 0.2) is 5.03 Å². The zero-order chi connectivity index (χ0) is 9.14. The van der Waals surface area contributed by atoms with E-state index in [0.29, 0.717) is 16.4 Å². The standard InChI is InChI=1S/C7H8N4S/c1-4-10-6(9)5(3-8)7(11-4)12-2/h1-2H3,(H2,9,10,11). The molecule has 2 N–H and O–H groups in total. The first kappa shape index (κ1) is 8.81. The van der Waals surface area contributed by atoms with Crippen molar-refractivity contribution in [3.05, 3.63) is 11.4 Å². The van der Waals surface area contributed by atoms with Gasteiger partial charge in [-0.2, -0.15) is 5.26 Å². The van der Waals surface area contributed by atoms with Crippen LogP contribution in [-0.2, 0) is 0 Å². The summed E-state index contributed by atoms with van der Waals surface area (Å²) in [6.45, 7) is 1.75. The van der Waals surface area contributed by atoms with E-state index < -0.39 is 0 Å². The number of hydrogen-bond acceptors (Lipinski definition) is 5. The number of thioether (sulfide) groups is 1. The maximum absolute atomic E-state index is 8.70. The van der Waals surface area contributed by atoms with Crippen molar-refractivity contribution in [2.24, 2.45) is 0 Å². The van der Waals surface area contributed by atoms with Gasteiger partial charge in [-0.15, -0.1) is 11.8 Å². The Morgan fingerprint density at radius 1 is 1.50 bits per heavy atom. The van der Waals surface area contributed by atoms with Crippen molar-refractivity contribution in [1.82, 2.24) is 9.97 Å². The van der Waals surface area contributed by atoms with Gasteiger partial charge in [0, 0.05) is 0 Å². The van der Waals surface area contributed by atoms with Crippen molar-refractivity contribution < 1.29 is 0 Å². The summed E-state index contributed by atoms with van der Waals surface area (Å²) in [6, 6.07) is 1.97. The normalized spacial score (nSPS) is 9.42. The van der Waals surface area contributed by atoms with Crippen LogP contribution in [0.2, 0.25) is 0 Å². The summed E-state index contributed by atoms with van der Waals surface area (Å²) in [6.07, 6.45) is 1.85. The number of hydrogen-bond donors (Lipinski definition) is 1. The third kappa shape index (κ3) is 1.48. The summed E-state index contributed by atoms with van der Waals surface area (Å²) in [5.74, 6) is 0.852. The number of nitriles is 1. The van der Waals surface area contributed by atoms with Crippen LogP contribution in [0.25, 0.3) is 0 Å². The van der Waals surface area contributed by atoms with Gasteiger partial charge in [-0.3, -0.25) is 0 Å². The van der Waals surface area contributed by atoms with Gasteiger partial charge in [0.25, 0.3) is 0 Å². The molecule has 4 nitrogen and oxygen atoms in total. The summed E-state index contributed by atoms with van der Waals surface area (Å²) in [5, 5.41) is 9.34. The molecule has 1 heterocycles. The number of rotatable bonds is 1. The van der Waals surface area contributed by atoms with Crippen molar-refractivity contribution in [1.29, 1.82) is 5.26 Å². The van der Waals surface area contributed by atoms with Crippen LogP contribution in [0.4, 0.5) is 5.82 Å². The van der Waals surface area contributed by atoms with E-state index in [2.05, 4.69) is 9.97 Å². The second-order valence-corrected chi connectivity index (χ2v) is 2.95. The molecule has 0 aliphatic rings. The maximum Gasteiger partial charge on any atom is 0.146 e. The van der Waals surface area contributed by atoms with Gasteiger partial charge in [-0.05, 0) is 13.2 Å². The fraction of sp³-hybridized carbons (Fsp3) is 0.286. The lowest BCUT2D eigenvalue weighted by molar-refractivity contribution is 0.965. The number of aryl methyl sites for hydroxylation is 1. The predicted octanol–water partition coefficient (Wildman–Crippen LogP) is 0.961. The van der Waals surface area contributed by atoms with E-state index in [-0.39, 0.29) is 5.82 Å². The summed E-state index contributed by atoms with van der Waals surface area (Å²) >= 11 is 1.39. The Hall–Kier alpha value is -1.28. The van der Waals surface area contributed by atoms with Gasteiger partial charge in [0.1, 0.15) is 28.3 Å². The van der Waals surface area contributed by atoms with Gasteiger partial charge in [0.2, 0.25) is 0 Å². The number of nitrogens with two attached hydrogens (primary N) is 1. The average molecular weight is 180 g/mol. The molecular weight excluding hydrogens is 172 g/mol. The molecule has 0 fully saturated rings. The van der Waals surface area contributed by atoms with Crippen molar-refractivity contribution in [2.45, 2.75) is 11.9 Å². The molecule has 1 aromatic heterocycles. The summed E-state index contributed by atoms with van der Waals surface area (Å²) < 4.78 is 0. The van der Waals surface area contributed by atoms with E-state index in [0.717, 1.165) is 0 Å². The minimum Gasteiger partial charge on any atom is -0.382 e. The molecule has 0 saturated carbocycles. The third-order valence-electron chi connectivity index (χ3n) is 1.32. The smallest absolute Gasteiger partial charge is 0.146 e. The van der Waals surface area contributed by atoms with Crippen LogP contribution in [-0.4, -0.2) is 16.2 Å². The SMILES string of the molecule is CSc1nc(C)nc(N)c1C#N. The van der Waals surface area contributed by atoms with E-state index in [1.54, 1.807) is 6.92 Å². The van der Waals surface area contributed by atoms with Crippen LogP contribution in [0.3, 0.4) is 0 Å². The van der Waals surface area contributed by atoms with E-state index >= 15 is 0 Å². The second kappa shape index (κ2) is 3.41. The van der Waals surface area contributed by atoms with Crippen LogP contribution in [0, 0.1) is 18.3 Å². The van der Waals surface area contributed by atoms with E-state index in [1.807, 2.05) is 12.3 Å². The average Bonchev–Trinajstić information content (AvgIpc) is 2.03. The molecule has 0 bridgehead atoms. The summed E-state index contributed by atoms with van der Waals surface area (Å²) in [4.78, 5) is 7.96. The van der Waals surface area contributed by atoms with E-state index in [4.69, 9.17) is 11.0 Å². The Morgan fingerprint density at radius 3 is 2.67 bits per heavy atom. The van der Waals surface area contributed by atoms with Crippen LogP contribution < -0.4 is 5.73 Å². The zero-order valence-corrected chi connectivity index (χ0v) is 7.64. The Bertz CT molecular complexity index is 342. The third-order valence-corrected chi connectivity index (χ3v) is 2.00. The van der Waals surface area contributed by atoms with Gasteiger partial charge in [-0.1, -0.05) is 0 Å². The number of nitrogen functional groups attached to an aromatic ring is 1. The van der Waals surface area contributed by atoms with Crippen molar-refractivity contribution in [3.8, 4) is 6.07 Å². The number of nitrogens with zero attached hydrogens (tertiary/aromatic N) is 3. The molecule has 62 valence electrons. The largest absolute Gasteiger partial charge is 0.382 e. The van der Waals surface area contributed by atoms with E-state index in [9.17, 15) is 0 Å². The first-order chi connectivity index (χ1) is 5.69. The molecule has 0 radical (unpaired) electrons. The minimum absolute atomic E-state index is 0.259. The first-order valence-electron chi connectivity index (χ1n) is 3.27. The molecule has 0 saturated heterocycles. The van der Waals surface area contributed by atoms with Crippen molar-refractivity contribution in [2.75, 3.05) is 12.0 Å².